The molecule has 1 aliphatic rings. The van der Waals surface area contributed by atoms with Crippen LogP contribution in [0.2, 0.25) is 0 Å². The molecule has 1 heterocycles. The minimum Gasteiger partial charge on any atom is -0.497 e. The number of nitrogens with zero attached hydrogens (tertiary/aromatic N) is 1. The maximum absolute atomic E-state index is 11.8. The predicted molar refractivity (Wildman–Crippen MR) is 80.0 cm³/mol. The summed E-state index contributed by atoms with van der Waals surface area (Å²) in [6.07, 6.45) is 4.43. The predicted octanol–water partition coefficient (Wildman–Crippen LogP) is 2.71. The van der Waals surface area contributed by atoms with Gasteiger partial charge in [-0.2, -0.15) is 0 Å². The van der Waals surface area contributed by atoms with Crippen molar-refractivity contribution in [3.05, 3.63) is 23.8 Å². The average molecular weight is 293 g/mol. The highest BCUT2D eigenvalue weighted by Crippen LogP contribution is 2.34. The van der Waals surface area contributed by atoms with Gasteiger partial charge in [0.2, 0.25) is 0 Å². The number of rotatable bonds is 5. The second-order valence-corrected chi connectivity index (χ2v) is 5.30. The SMILES string of the molecule is COc1ccc([C@@H](C(=O)O)N2CCCCCC2)c(OC)c1. The molecule has 0 amide bonds. The Morgan fingerprint density at radius 2 is 1.81 bits per heavy atom. The summed E-state index contributed by atoms with van der Waals surface area (Å²) in [4.78, 5) is 13.8. The zero-order chi connectivity index (χ0) is 15.2. The number of likely N-dealkylation sites (tertiary alicyclic amines) is 1. The highest BCUT2D eigenvalue weighted by Gasteiger charge is 2.30. The monoisotopic (exact) mass is 293 g/mol. The molecule has 5 nitrogen and oxygen atoms in total. The van der Waals surface area contributed by atoms with E-state index in [2.05, 4.69) is 0 Å². The number of carboxylic acids is 1. The Labute approximate surface area is 125 Å². The summed E-state index contributed by atoms with van der Waals surface area (Å²) in [6, 6.07) is 4.65. The van der Waals surface area contributed by atoms with Crippen LogP contribution in [0.25, 0.3) is 0 Å². The van der Waals surface area contributed by atoms with Crippen LogP contribution in [0.4, 0.5) is 0 Å². The highest BCUT2D eigenvalue weighted by atomic mass is 16.5. The summed E-state index contributed by atoms with van der Waals surface area (Å²) >= 11 is 0. The van der Waals surface area contributed by atoms with Crippen LogP contribution < -0.4 is 9.47 Å². The van der Waals surface area contributed by atoms with Gasteiger partial charge in [-0.25, -0.2) is 0 Å². The smallest absolute Gasteiger partial charge is 0.325 e. The van der Waals surface area contributed by atoms with Gasteiger partial charge in [0.25, 0.3) is 0 Å². The second kappa shape index (κ2) is 7.31. The van der Waals surface area contributed by atoms with E-state index >= 15 is 0 Å². The molecule has 1 N–H and O–H groups in total. The van der Waals surface area contributed by atoms with Gasteiger partial charge in [0.05, 0.1) is 14.2 Å². The molecule has 1 fully saturated rings. The third-order valence-electron chi connectivity index (χ3n) is 3.97. The fourth-order valence-electron chi connectivity index (χ4n) is 2.88. The topological polar surface area (TPSA) is 59.0 Å². The summed E-state index contributed by atoms with van der Waals surface area (Å²) in [7, 11) is 3.14. The lowest BCUT2D eigenvalue weighted by Gasteiger charge is -2.28. The molecular formula is C16H23NO4. The summed E-state index contributed by atoms with van der Waals surface area (Å²) < 4.78 is 10.5. The molecule has 2 rings (SSSR count). The number of carboxylic acid groups (broad SMARTS) is 1. The van der Waals surface area contributed by atoms with Crippen molar-refractivity contribution >= 4 is 5.97 Å². The molecular weight excluding hydrogens is 270 g/mol. The van der Waals surface area contributed by atoms with Gasteiger partial charge in [-0.1, -0.05) is 12.8 Å². The van der Waals surface area contributed by atoms with Crippen molar-refractivity contribution in [1.29, 1.82) is 0 Å². The van der Waals surface area contributed by atoms with E-state index in [0.717, 1.165) is 25.9 Å². The van der Waals surface area contributed by atoms with Crippen LogP contribution >= 0.6 is 0 Å². The molecule has 0 bridgehead atoms. The maximum Gasteiger partial charge on any atom is 0.325 e. The van der Waals surface area contributed by atoms with Gasteiger partial charge in [-0.3, -0.25) is 9.69 Å². The van der Waals surface area contributed by atoms with Gasteiger partial charge < -0.3 is 14.6 Å². The van der Waals surface area contributed by atoms with E-state index in [1.54, 1.807) is 32.4 Å². The zero-order valence-corrected chi connectivity index (χ0v) is 12.7. The van der Waals surface area contributed by atoms with Crippen molar-refractivity contribution in [3.63, 3.8) is 0 Å². The molecule has 0 radical (unpaired) electrons. The van der Waals surface area contributed by atoms with Crippen molar-refractivity contribution in [3.8, 4) is 11.5 Å². The number of benzene rings is 1. The number of ether oxygens (including phenoxy) is 2. The number of carbonyl (C=O) groups is 1. The largest absolute Gasteiger partial charge is 0.497 e. The van der Waals surface area contributed by atoms with E-state index in [9.17, 15) is 9.90 Å². The summed E-state index contributed by atoms with van der Waals surface area (Å²) in [5, 5.41) is 9.69. The fraction of sp³-hybridized carbons (Fsp3) is 0.562. The highest BCUT2D eigenvalue weighted by molar-refractivity contribution is 5.77. The third kappa shape index (κ3) is 3.67. The van der Waals surface area contributed by atoms with Crippen LogP contribution in [-0.4, -0.2) is 43.3 Å². The van der Waals surface area contributed by atoms with Gasteiger partial charge in [-0.05, 0) is 38.1 Å². The number of hydrogen-bond donors (Lipinski definition) is 1. The molecule has 116 valence electrons. The zero-order valence-electron chi connectivity index (χ0n) is 12.7. The maximum atomic E-state index is 11.8. The normalized spacial score (nSPS) is 17.8. The molecule has 0 unspecified atom stereocenters. The minimum absolute atomic E-state index is 0.561. The first-order valence-corrected chi connectivity index (χ1v) is 7.36. The molecule has 1 aromatic carbocycles. The Kier molecular flexibility index (Phi) is 5.44. The molecule has 0 spiro atoms. The van der Waals surface area contributed by atoms with Gasteiger partial charge in [0.1, 0.15) is 17.5 Å². The van der Waals surface area contributed by atoms with Crippen LogP contribution in [0.1, 0.15) is 37.3 Å². The second-order valence-electron chi connectivity index (χ2n) is 5.30. The van der Waals surface area contributed by atoms with Crippen LogP contribution in [0.3, 0.4) is 0 Å². The number of aliphatic carboxylic acids is 1. The lowest BCUT2D eigenvalue weighted by molar-refractivity contribution is -0.143. The van der Waals surface area contributed by atoms with Gasteiger partial charge in [-0.15, -0.1) is 0 Å². The van der Waals surface area contributed by atoms with E-state index in [1.807, 2.05) is 4.90 Å². The Balaban J connectivity index is 2.35. The first-order chi connectivity index (χ1) is 10.2. The molecule has 1 atom stereocenters. The van der Waals surface area contributed by atoms with Crippen molar-refractivity contribution in [2.75, 3.05) is 27.3 Å². The van der Waals surface area contributed by atoms with Gasteiger partial charge in [0.15, 0.2) is 0 Å². The van der Waals surface area contributed by atoms with E-state index in [0.29, 0.717) is 17.1 Å². The quantitative estimate of drug-likeness (QED) is 0.904. The lowest BCUT2D eigenvalue weighted by atomic mass is 10.0. The van der Waals surface area contributed by atoms with Crippen LogP contribution in [0.15, 0.2) is 18.2 Å². The van der Waals surface area contributed by atoms with Crippen molar-refractivity contribution < 1.29 is 19.4 Å². The first-order valence-electron chi connectivity index (χ1n) is 7.36. The van der Waals surface area contributed by atoms with E-state index in [4.69, 9.17) is 9.47 Å². The Bertz CT molecular complexity index is 481. The van der Waals surface area contributed by atoms with Gasteiger partial charge >= 0.3 is 5.97 Å². The molecule has 0 saturated carbocycles. The van der Waals surface area contributed by atoms with Gasteiger partial charge in [0, 0.05) is 11.6 Å². The molecule has 1 saturated heterocycles. The van der Waals surface area contributed by atoms with E-state index in [1.165, 1.54) is 12.8 Å². The first kappa shape index (κ1) is 15.6. The van der Waals surface area contributed by atoms with Crippen LogP contribution in [-0.2, 0) is 4.79 Å². The van der Waals surface area contributed by atoms with Crippen molar-refractivity contribution in [2.24, 2.45) is 0 Å². The number of methoxy groups -OCH3 is 2. The van der Waals surface area contributed by atoms with Crippen molar-refractivity contribution in [1.82, 2.24) is 4.90 Å². The summed E-state index contributed by atoms with van der Waals surface area (Å²) in [5.74, 6) is 0.391. The van der Waals surface area contributed by atoms with Crippen LogP contribution in [0, 0.1) is 0 Å². The lowest BCUT2D eigenvalue weighted by Crippen LogP contribution is -2.35. The molecule has 1 aliphatic heterocycles. The molecule has 0 aliphatic carbocycles. The molecule has 21 heavy (non-hydrogen) atoms. The average Bonchev–Trinajstić information content (AvgIpc) is 2.76. The minimum atomic E-state index is -0.833. The Morgan fingerprint density at radius 3 is 2.33 bits per heavy atom. The standard InChI is InChI=1S/C16H23NO4/c1-20-12-7-8-13(14(11-12)21-2)15(16(18)19)17-9-5-3-4-6-10-17/h7-8,11,15H,3-6,9-10H2,1-2H3,(H,18,19)/t15-/m0/s1. The molecule has 1 aromatic rings. The summed E-state index contributed by atoms with van der Waals surface area (Å²) in [6.45, 7) is 1.62. The number of hydrogen-bond acceptors (Lipinski definition) is 4. The molecule has 0 aromatic heterocycles. The summed E-state index contributed by atoms with van der Waals surface area (Å²) in [5.41, 5.74) is 0.688. The van der Waals surface area contributed by atoms with Crippen LogP contribution in [0.5, 0.6) is 11.5 Å². The Morgan fingerprint density at radius 1 is 1.14 bits per heavy atom. The fourth-order valence-corrected chi connectivity index (χ4v) is 2.88. The van der Waals surface area contributed by atoms with E-state index < -0.39 is 12.0 Å². The van der Waals surface area contributed by atoms with Crippen molar-refractivity contribution in [2.45, 2.75) is 31.7 Å². The molecule has 5 heteroatoms. The third-order valence-corrected chi connectivity index (χ3v) is 3.97. The Hall–Kier alpha value is -1.75. The van der Waals surface area contributed by atoms with E-state index in [-0.39, 0.29) is 0 Å².